The van der Waals surface area contributed by atoms with Crippen molar-refractivity contribution in [1.29, 1.82) is 0 Å². The summed E-state index contributed by atoms with van der Waals surface area (Å²) in [5.74, 6) is -0.0185. The van der Waals surface area contributed by atoms with Gasteiger partial charge in [-0.2, -0.15) is 0 Å². The van der Waals surface area contributed by atoms with Crippen molar-refractivity contribution >= 4 is 45.6 Å². The Morgan fingerprint density at radius 3 is 2.78 bits per heavy atom. The molecule has 0 unspecified atom stereocenters. The number of carbonyl (C=O) groups excluding carboxylic acids is 1. The number of carbonyl (C=O) groups is 1. The lowest BCUT2D eigenvalue weighted by Gasteiger charge is -2.25. The lowest BCUT2D eigenvalue weighted by atomic mass is 10.1. The van der Waals surface area contributed by atoms with Gasteiger partial charge in [0, 0.05) is 16.0 Å². The number of thiazole rings is 1. The zero-order valence-electron chi connectivity index (χ0n) is 12.5. The Balaban J connectivity index is 1.63. The molecule has 2 heterocycles. The average molecular weight is 370 g/mol. The first kappa shape index (κ1) is 16.7. The third-order valence-corrected chi connectivity index (χ3v) is 5.08. The third-order valence-electron chi connectivity index (χ3n) is 3.77. The van der Waals surface area contributed by atoms with Crippen LogP contribution in [0.5, 0.6) is 0 Å². The van der Waals surface area contributed by atoms with Crippen LogP contribution in [0.4, 0.5) is 5.13 Å². The van der Waals surface area contributed by atoms with Gasteiger partial charge in [0.25, 0.3) is 0 Å². The van der Waals surface area contributed by atoms with Crippen LogP contribution >= 0.6 is 34.5 Å². The molecule has 1 aliphatic rings. The highest BCUT2D eigenvalue weighted by Crippen LogP contribution is 2.32. The van der Waals surface area contributed by atoms with Gasteiger partial charge in [0.2, 0.25) is 5.91 Å². The summed E-state index contributed by atoms with van der Waals surface area (Å²) in [5, 5.41) is 6.48. The normalized spacial score (nSPS) is 15.6. The number of nitrogens with zero attached hydrogens (tertiary/aromatic N) is 2. The fraction of sp³-hybridized carbons (Fsp3) is 0.375. The minimum absolute atomic E-state index is 0.0185. The molecule has 1 saturated heterocycles. The van der Waals surface area contributed by atoms with E-state index in [1.54, 1.807) is 12.1 Å². The molecule has 0 aliphatic carbocycles. The zero-order chi connectivity index (χ0) is 16.2. The molecule has 0 atom stereocenters. The van der Waals surface area contributed by atoms with Crippen molar-refractivity contribution in [1.82, 2.24) is 9.88 Å². The van der Waals surface area contributed by atoms with Crippen LogP contribution < -0.4 is 5.32 Å². The monoisotopic (exact) mass is 369 g/mol. The topological polar surface area (TPSA) is 45.2 Å². The maximum absolute atomic E-state index is 12.1. The van der Waals surface area contributed by atoms with Crippen LogP contribution in [0.2, 0.25) is 10.0 Å². The molecule has 1 amide bonds. The molecule has 1 N–H and O–H groups in total. The van der Waals surface area contributed by atoms with Crippen molar-refractivity contribution in [2.75, 3.05) is 25.0 Å². The molecule has 2 aromatic rings. The van der Waals surface area contributed by atoms with Gasteiger partial charge in [-0.1, -0.05) is 29.6 Å². The van der Waals surface area contributed by atoms with Crippen LogP contribution in [0, 0.1) is 0 Å². The highest BCUT2D eigenvalue weighted by molar-refractivity contribution is 7.14. The molecule has 23 heavy (non-hydrogen) atoms. The van der Waals surface area contributed by atoms with Crippen molar-refractivity contribution < 1.29 is 4.79 Å². The summed E-state index contributed by atoms with van der Waals surface area (Å²) < 4.78 is 0. The molecule has 3 rings (SSSR count). The molecule has 0 saturated carbocycles. The van der Waals surface area contributed by atoms with Crippen molar-refractivity contribution in [3.05, 3.63) is 33.6 Å². The number of benzene rings is 1. The Morgan fingerprint density at radius 1 is 1.26 bits per heavy atom. The van der Waals surface area contributed by atoms with Crippen LogP contribution in [-0.2, 0) is 4.79 Å². The quantitative estimate of drug-likeness (QED) is 0.859. The standard InChI is InChI=1S/C16H17Cl2N3OS/c17-11-4-5-12(13(18)8-11)14-10-23-16(19-14)20-15(22)9-21-6-2-1-3-7-21/h4-5,8,10H,1-3,6-7,9H2,(H,19,20,22). The highest BCUT2D eigenvalue weighted by Gasteiger charge is 2.15. The first-order valence-corrected chi connectivity index (χ1v) is 9.18. The summed E-state index contributed by atoms with van der Waals surface area (Å²) in [6.07, 6.45) is 3.60. The number of anilines is 1. The lowest BCUT2D eigenvalue weighted by Crippen LogP contribution is -2.36. The number of rotatable bonds is 4. The zero-order valence-corrected chi connectivity index (χ0v) is 14.8. The van der Waals surface area contributed by atoms with E-state index in [2.05, 4.69) is 15.2 Å². The summed E-state index contributed by atoms with van der Waals surface area (Å²) >= 11 is 13.5. The summed E-state index contributed by atoms with van der Waals surface area (Å²) in [6, 6.07) is 5.29. The van der Waals surface area contributed by atoms with Crippen molar-refractivity contribution in [2.24, 2.45) is 0 Å². The molecule has 0 bridgehead atoms. The molecule has 1 aromatic carbocycles. The average Bonchev–Trinajstić information content (AvgIpc) is 2.96. The van der Waals surface area contributed by atoms with Gasteiger partial charge in [0.15, 0.2) is 5.13 Å². The maximum atomic E-state index is 12.1. The molecule has 1 aliphatic heterocycles. The number of hydrogen-bond acceptors (Lipinski definition) is 4. The Hall–Kier alpha value is -1.14. The van der Waals surface area contributed by atoms with Gasteiger partial charge < -0.3 is 5.32 Å². The number of amides is 1. The second kappa shape index (κ2) is 7.62. The highest BCUT2D eigenvalue weighted by atomic mass is 35.5. The molecular formula is C16H17Cl2N3OS. The Morgan fingerprint density at radius 2 is 2.04 bits per heavy atom. The van der Waals surface area contributed by atoms with Crippen molar-refractivity contribution in [2.45, 2.75) is 19.3 Å². The first-order chi connectivity index (χ1) is 11.1. The van der Waals surface area contributed by atoms with Gasteiger partial charge in [-0.15, -0.1) is 11.3 Å². The van der Waals surface area contributed by atoms with Gasteiger partial charge in [-0.3, -0.25) is 9.69 Å². The molecule has 0 radical (unpaired) electrons. The molecule has 1 aromatic heterocycles. The van der Waals surface area contributed by atoms with Gasteiger partial charge in [0.05, 0.1) is 17.3 Å². The molecule has 7 heteroatoms. The van der Waals surface area contributed by atoms with Gasteiger partial charge in [-0.05, 0) is 44.1 Å². The van der Waals surface area contributed by atoms with Crippen LogP contribution in [0.15, 0.2) is 23.6 Å². The number of hydrogen-bond donors (Lipinski definition) is 1. The van der Waals surface area contributed by atoms with Gasteiger partial charge in [-0.25, -0.2) is 4.98 Å². The summed E-state index contributed by atoms with van der Waals surface area (Å²) in [7, 11) is 0. The molecule has 122 valence electrons. The number of piperidine rings is 1. The fourth-order valence-corrected chi connectivity index (χ4v) is 3.86. The second-order valence-corrected chi connectivity index (χ2v) is 7.25. The molecule has 0 spiro atoms. The largest absolute Gasteiger partial charge is 0.301 e. The summed E-state index contributed by atoms with van der Waals surface area (Å²) in [6.45, 7) is 2.42. The summed E-state index contributed by atoms with van der Waals surface area (Å²) in [5.41, 5.74) is 1.55. The van der Waals surface area contributed by atoms with Crippen LogP contribution in [0.1, 0.15) is 19.3 Å². The molecule has 4 nitrogen and oxygen atoms in total. The van der Waals surface area contributed by atoms with E-state index in [-0.39, 0.29) is 5.91 Å². The van der Waals surface area contributed by atoms with Crippen LogP contribution in [-0.4, -0.2) is 35.4 Å². The van der Waals surface area contributed by atoms with E-state index in [0.717, 1.165) is 24.3 Å². The van der Waals surface area contributed by atoms with Crippen molar-refractivity contribution in [3.8, 4) is 11.3 Å². The number of likely N-dealkylation sites (tertiary alicyclic amines) is 1. The number of aromatic nitrogens is 1. The smallest absolute Gasteiger partial charge is 0.240 e. The Labute approximate surface area is 149 Å². The second-order valence-electron chi connectivity index (χ2n) is 5.55. The lowest BCUT2D eigenvalue weighted by molar-refractivity contribution is -0.117. The molecular weight excluding hydrogens is 353 g/mol. The number of halogens is 2. The van der Waals surface area contributed by atoms with Gasteiger partial charge in [0.1, 0.15) is 0 Å². The fourth-order valence-electron chi connectivity index (χ4n) is 2.63. The van der Waals surface area contributed by atoms with E-state index in [1.807, 2.05) is 11.4 Å². The van der Waals surface area contributed by atoms with E-state index < -0.39 is 0 Å². The van der Waals surface area contributed by atoms with Crippen molar-refractivity contribution in [3.63, 3.8) is 0 Å². The number of nitrogens with one attached hydrogen (secondary N) is 1. The van der Waals surface area contributed by atoms with E-state index >= 15 is 0 Å². The molecule has 1 fully saturated rings. The first-order valence-electron chi connectivity index (χ1n) is 7.55. The van der Waals surface area contributed by atoms with E-state index in [9.17, 15) is 4.79 Å². The Bertz CT molecular complexity index is 698. The van der Waals surface area contributed by atoms with Crippen LogP contribution in [0.3, 0.4) is 0 Å². The minimum atomic E-state index is -0.0185. The predicted octanol–water partition coefficient (Wildman–Crippen LogP) is 4.54. The SMILES string of the molecule is O=C(CN1CCCCC1)Nc1nc(-c2ccc(Cl)cc2Cl)cs1. The summed E-state index contributed by atoms with van der Waals surface area (Å²) in [4.78, 5) is 18.7. The predicted molar refractivity (Wildman–Crippen MR) is 96.5 cm³/mol. The minimum Gasteiger partial charge on any atom is -0.301 e. The Kier molecular flexibility index (Phi) is 5.54. The van der Waals surface area contributed by atoms with E-state index in [4.69, 9.17) is 23.2 Å². The van der Waals surface area contributed by atoms with E-state index in [1.165, 1.54) is 30.6 Å². The van der Waals surface area contributed by atoms with Crippen LogP contribution in [0.25, 0.3) is 11.3 Å². The van der Waals surface area contributed by atoms with Gasteiger partial charge >= 0.3 is 0 Å². The van der Waals surface area contributed by atoms with E-state index in [0.29, 0.717) is 21.7 Å². The third kappa shape index (κ3) is 4.44. The maximum Gasteiger partial charge on any atom is 0.240 e.